The number of rotatable bonds is 7. The van der Waals surface area contributed by atoms with Gasteiger partial charge in [0.05, 0.1) is 11.4 Å². The molecule has 1 aromatic heterocycles. The van der Waals surface area contributed by atoms with Crippen LogP contribution in [0.1, 0.15) is 41.3 Å². The van der Waals surface area contributed by atoms with Gasteiger partial charge in [0.2, 0.25) is 10.0 Å². The summed E-state index contributed by atoms with van der Waals surface area (Å²) in [6.07, 6.45) is 3.48. The average molecular weight is 480 g/mol. The van der Waals surface area contributed by atoms with Crippen LogP contribution in [-0.2, 0) is 23.1 Å². The average Bonchev–Trinajstić information content (AvgIpc) is 2.85. The van der Waals surface area contributed by atoms with Crippen molar-refractivity contribution in [1.29, 1.82) is 0 Å². The molecule has 0 saturated carbocycles. The monoisotopic (exact) mass is 479 g/mol. The van der Waals surface area contributed by atoms with Crippen molar-refractivity contribution in [3.63, 3.8) is 0 Å². The van der Waals surface area contributed by atoms with Crippen molar-refractivity contribution >= 4 is 15.9 Å². The van der Waals surface area contributed by atoms with E-state index in [-0.39, 0.29) is 16.4 Å². The lowest BCUT2D eigenvalue weighted by Gasteiger charge is -2.29. The van der Waals surface area contributed by atoms with Crippen LogP contribution in [0.2, 0.25) is 0 Å². The van der Waals surface area contributed by atoms with Crippen LogP contribution in [0.25, 0.3) is 0 Å². The number of carbonyl (C=O) groups is 1. The zero-order chi connectivity index (χ0) is 24.1. The van der Waals surface area contributed by atoms with E-state index in [0.29, 0.717) is 37.7 Å². The van der Waals surface area contributed by atoms with Crippen molar-refractivity contribution in [3.05, 3.63) is 100.0 Å². The summed E-state index contributed by atoms with van der Waals surface area (Å²) in [5.41, 5.74) is 2.27. The molecule has 1 N–H and O–H groups in total. The molecule has 2 aromatic carbocycles. The molecule has 1 amide bonds. The van der Waals surface area contributed by atoms with Crippen LogP contribution < -0.4 is 10.9 Å². The fraction of sp³-hybridized carbons (Fsp3) is 0.308. The van der Waals surface area contributed by atoms with E-state index in [0.717, 1.165) is 24.0 Å². The molecular formula is C26H29N3O4S. The van der Waals surface area contributed by atoms with Gasteiger partial charge in [-0.3, -0.25) is 9.59 Å². The molecule has 8 heteroatoms. The molecule has 1 aliphatic heterocycles. The second kappa shape index (κ2) is 10.4. The topological polar surface area (TPSA) is 88.5 Å². The maximum atomic E-state index is 12.9. The number of nitrogens with zero attached hydrogens (tertiary/aromatic N) is 2. The Bertz CT molecular complexity index is 1290. The SMILES string of the molecule is CC1CCN(S(=O)(=O)c2ccc(C(=O)NCc3ccc(Cn4ccccc4=O)cc3)cc2)CC1. The highest BCUT2D eigenvalue weighted by molar-refractivity contribution is 7.89. The first-order valence-corrected chi connectivity index (χ1v) is 12.9. The standard InChI is InChI=1S/C26H29N3O4S/c1-20-13-16-29(17-14-20)34(32,33)24-11-9-23(10-12-24)26(31)27-18-21-5-7-22(8-6-21)19-28-15-3-2-4-25(28)30/h2-12,15,20H,13-14,16-19H2,1H3,(H,27,31). The van der Waals surface area contributed by atoms with Gasteiger partial charge in [-0.15, -0.1) is 0 Å². The molecule has 3 aromatic rings. The molecule has 0 atom stereocenters. The van der Waals surface area contributed by atoms with Crippen molar-refractivity contribution in [1.82, 2.24) is 14.2 Å². The van der Waals surface area contributed by atoms with E-state index < -0.39 is 10.0 Å². The van der Waals surface area contributed by atoms with E-state index in [2.05, 4.69) is 12.2 Å². The molecule has 0 bridgehead atoms. The van der Waals surface area contributed by atoms with Crippen LogP contribution in [-0.4, -0.2) is 36.3 Å². The first-order valence-electron chi connectivity index (χ1n) is 11.4. The Morgan fingerprint density at radius 3 is 2.24 bits per heavy atom. The number of benzene rings is 2. The minimum atomic E-state index is -3.53. The van der Waals surface area contributed by atoms with Gasteiger partial charge in [0.25, 0.3) is 11.5 Å². The molecule has 0 aliphatic carbocycles. The van der Waals surface area contributed by atoms with Gasteiger partial charge in [-0.1, -0.05) is 37.3 Å². The summed E-state index contributed by atoms with van der Waals surface area (Å²) in [7, 11) is -3.53. The number of pyridine rings is 1. The van der Waals surface area contributed by atoms with Crippen molar-refractivity contribution in [2.45, 2.75) is 37.8 Å². The summed E-state index contributed by atoms with van der Waals surface area (Å²) in [5.74, 6) is 0.276. The largest absolute Gasteiger partial charge is 0.348 e. The Labute approximate surface area is 200 Å². The molecule has 0 unspecified atom stereocenters. The Hall–Kier alpha value is -3.23. The van der Waals surface area contributed by atoms with Crippen LogP contribution in [0, 0.1) is 5.92 Å². The Morgan fingerprint density at radius 2 is 1.59 bits per heavy atom. The van der Waals surface area contributed by atoms with Gasteiger partial charge in [0.15, 0.2) is 0 Å². The molecule has 0 spiro atoms. The van der Waals surface area contributed by atoms with Crippen molar-refractivity contribution in [2.24, 2.45) is 5.92 Å². The zero-order valence-electron chi connectivity index (χ0n) is 19.2. The number of nitrogens with one attached hydrogen (secondary N) is 1. The van der Waals surface area contributed by atoms with Crippen LogP contribution in [0.4, 0.5) is 0 Å². The maximum Gasteiger partial charge on any atom is 0.251 e. The van der Waals surface area contributed by atoms with E-state index in [9.17, 15) is 18.0 Å². The van der Waals surface area contributed by atoms with Crippen LogP contribution in [0.3, 0.4) is 0 Å². The van der Waals surface area contributed by atoms with Crippen molar-refractivity contribution in [3.8, 4) is 0 Å². The highest BCUT2D eigenvalue weighted by Crippen LogP contribution is 2.23. The predicted molar refractivity (Wildman–Crippen MR) is 131 cm³/mol. The Kier molecular flexibility index (Phi) is 7.29. The molecule has 1 aliphatic rings. The fourth-order valence-corrected chi connectivity index (χ4v) is 5.46. The maximum absolute atomic E-state index is 12.9. The zero-order valence-corrected chi connectivity index (χ0v) is 20.0. The second-order valence-electron chi connectivity index (χ2n) is 8.78. The first-order chi connectivity index (χ1) is 16.3. The minimum absolute atomic E-state index is 0.0526. The third kappa shape index (κ3) is 5.63. The smallest absolute Gasteiger partial charge is 0.251 e. The van der Waals surface area contributed by atoms with E-state index in [4.69, 9.17) is 0 Å². The van der Waals surface area contributed by atoms with Crippen LogP contribution >= 0.6 is 0 Å². The van der Waals surface area contributed by atoms with Crippen LogP contribution in [0.15, 0.2) is 82.6 Å². The number of amides is 1. The first kappa shape index (κ1) is 23.9. The number of aromatic nitrogens is 1. The third-order valence-corrected chi connectivity index (χ3v) is 8.14. The number of carbonyl (C=O) groups excluding carboxylic acids is 1. The number of hydrogen-bond acceptors (Lipinski definition) is 4. The van der Waals surface area contributed by atoms with Crippen molar-refractivity contribution in [2.75, 3.05) is 13.1 Å². The molecule has 1 fully saturated rings. The minimum Gasteiger partial charge on any atom is -0.348 e. The van der Waals surface area contributed by atoms with Gasteiger partial charge in [0, 0.05) is 37.5 Å². The molecule has 0 radical (unpaired) electrons. The highest BCUT2D eigenvalue weighted by Gasteiger charge is 2.28. The van der Waals surface area contributed by atoms with Gasteiger partial charge in [-0.25, -0.2) is 8.42 Å². The Balaban J connectivity index is 1.33. The molecule has 4 rings (SSSR count). The molecule has 2 heterocycles. The fourth-order valence-electron chi connectivity index (χ4n) is 3.99. The molecule has 34 heavy (non-hydrogen) atoms. The van der Waals surface area contributed by atoms with Gasteiger partial charge in [-0.05, 0) is 60.2 Å². The molecule has 7 nitrogen and oxygen atoms in total. The van der Waals surface area contributed by atoms with E-state index in [1.165, 1.54) is 22.5 Å². The van der Waals surface area contributed by atoms with Gasteiger partial charge in [-0.2, -0.15) is 4.31 Å². The van der Waals surface area contributed by atoms with E-state index >= 15 is 0 Å². The number of hydrogen-bond donors (Lipinski definition) is 1. The summed E-state index contributed by atoms with van der Waals surface area (Å²) in [4.78, 5) is 24.6. The molecular weight excluding hydrogens is 450 g/mol. The lowest BCUT2D eigenvalue weighted by Crippen LogP contribution is -2.37. The molecule has 1 saturated heterocycles. The summed E-state index contributed by atoms with van der Waals surface area (Å²) in [6, 6.07) is 18.9. The predicted octanol–water partition coefficient (Wildman–Crippen LogP) is 3.25. The van der Waals surface area contributed by atoms with Crippen molar-refractivity contribution < 1.29 is 13.2 Å². The number of piperidine rings is 1. The Morgan fingerprint density at radius 1 is 0.941 bits per heavy atom. The summed E-state index contributed by atoms with van der Waals surface area (Å²) in [5, 5.41) is 2.87. The second-order valence-corrected chi connectivity index (χ2v) is 10.7. The van der Waals surface area contributed by atoms with E-state index in [1.54, 1.807) is 29.0 Å². The quantitative estimate of drug-likeness (QED) is 0.564. The van der Waals surface area contributed by atoms with Crippen LogP contribution in [0.5, 0.6) is 0 Å². The summed E-state index contributed by atoms with van der Waals surface area (Å²) >= 11 is 0. The summed E-state index contributed by atoms with van der Waals surface area (Å²) < 4.78 is 28.9. The molecule has 178 valence electrons. The number of sulfonamides is 1. The normalized spacial score (nSPS) is 15.2. The lowest BCUT2D eigenvalue weighted by atomic mass is 10.0. The third-order valence-electron chi connectivity index (χ3n) is 6.22. The van der Waals surface area contributed by atoms with Gasteiger partial charge >= 0.3 is 0 Å². The van der Waals surface area contributed by atoms with Gasteiger partial charge < -0.3 is 9.88 Å². The van der Waals surface area contributed by atoms with E-state index in [1.807, 2.05) is 30.3 Å². The summed E-state index contributed by atoms with van der Waals surface area (Å²) in [6.45, 7) is 4.03. The highest BCUT2D eigenvalue weighted by atomic mass is 32.2. The van der Waals surface area contributed by atoms with Gasteiger partial charge in [0.1, 0.15) is 0 Å². The lowest BCUT2D eigenvalue weighted by molar-refractivity contribution is 0.0951.